The molecule has 1 aromatic carbocycles. The van der Waals surface area contributed by atoms with E-state index in [1.807, 2.05) is 25.1 Å². The Bertz CT molecular complexity index is 328. The van der Waals surface area contributed by atoms with Crippen LogP contribution in [0.5, 0.6) is 11.5 Å². The first-order valence-corrected chi connectivity index (χ1v) is 5.95. The second-order valence-electron chi connectivity index (χ2n) is 3.51. The van der Waals surface area contributed by atoms with E-state index in [0.717, 1.165) is 22.4 Å². The van der Waals surface area contributed by atoms with Gasteiger partial charge in [0.05, 0.1) is 17.7 Å². The molecule has 0 saturated carbocycles. The second-order valence-corrected chi connectivity index (χ2v) is 4.36. The van der Waals surface area contributed by atoms with E-state index >= 15 is 0 Å². The van der Waals surface area contributed by atoms with Crippen LogP contribution in [0.2, 0.25) is 0 Å². The number of ether oxygens (including phenoxy) is 3. The summed E-state index contributed by atoms with van der Waals surface area (Å²) in [6.07, 6.45) is 0.999. The molecule has 1 atom stereocenters. The second kappa shape index (κ2) is 6.76. The Kier molecular flexibility index (Phi) is 5.63. The van der Waals surface area contributed by atoms with Gasteiger partial charge >= 0.3 is 0 Å². The van der Waals surface area contributed by atoms with Crippen molar-refractivity contribution in [3.63, 3.8) is 0 Å². The quantitative estimate of drug-likeness (QED) is 0.804. The van der Waals surface area contributed by atoms with Crippen LogP contribution in [0.1, 0.15) is 13.3 Å². The van der Waals surface area contributed by atoms with Crippen molar-refractivity contribution in [1.82, 2.24) is 0 Å². The molecule has 90 valence electrons. The van der Waals surface area contributed by atoms with Crippen LogP contribution in [-0.2, 0) is 4.74 Å². The number of benzene rings is 1. The average Bonchev–Trinajstić information content (AvgIpc) is 2.29. The first-order chi connectivity index (χ1) is 7.67. The van der Waals surface area contributed by atoms with Crippen molar-refractivity contribution >= 4 is 15.9 Å². The number of hydrogen-bond donors (Lipinski definition) is 0. The third-order valence-corrected chi connectivity index (χ3v) is 2.82. The average molecular weight is 289 g/mol. The Morgan fingerprint density at radius 3 is 2.62 bits per heavy atom. The number of rotatable bonds is 6. The van der Waals surface area contributed by atoms with Crippen molar-refractivity contribution < 1.29 is 14.2 Å². The monoisotopic (exact) mass is 288 g/mol. The van der Waals surface area contributed by atoms with Gasteiger partial charge in [-0.15, -0.1) is 0 Å². The predicted molar refractivity (Wildman–Crippen MR) is 67.3 cm³/mol. The van der Waals surface area contributed by atoms with Gasteiger partial charge < -0.3 is 14.2 Å². The molecule has 0 aliphatic carbocycles. The molecule has 0 N–H and O–H groups in total. The summed E-state index contributed by atoms with van der Waals surface area (Å²) in [5.74, 6) is 1.63. The maximum absolute atomic E-state index is 5.76. The van der Waals surface area contributed by atoms with E-state index in [1.54, 1.807) is 14.2 Å². The molecule has 3 nitrogen and oxygen atoms in total. The molecule has 0 spiro atoms. The maximum atomic E-state index is 5.76. The van der Waals surface area contributed by atoms with Crippen LogP contribution in [0.15, 0.2) is 22.7 Å². The molecule has 0 saturated heterocycles. The van der Waals surface area contributed by atoms with E-state index in [2.05, 4.69) is 15.9 Å². The van der Waals surface area contributed by atoms with Crippen molar-refractivity contribution in [3.8, 4) is 11.5 Å². The first kappa shape index (κ1) is 13.3. The fraction of sp³-hybridized carbons (Fsp3) is 0.500. The lowest BCUT2D eigenvalue weighted by atomic mass is 10.3. The molecule has 1 rings (SSSR count). The Hall–Kier alpha value is -0.740. The van der Waals surface area contributed by atoms with E-state index in [9.17, 15) is 0 Å². The van der Waals surface area contributed by atoms with Crippen molar-refractivity contribution in [1.29, 1.82) is 0 Å². The van der Waals surface area contributed by atoms with Gasteiger partial charge in [-0.05, 0) is 41.1 Å². The molecular formula is C12H17BrO3. The molecule has 4 heteroatoms. The van der Waals surface area contributed by atoms with E-state index in [4.69, 9.17) is 14.2 Å². The van der Waals surface area contributed by atoms with Crippen LogP contribution in [0.4, 0.5) is 0 Å². The lowest BCUT2D eigenvalue weighted by Crippen LogP contribution is -2.14. The summed E-state index contributed by atoms with van der Waals surface area (Å²) in [7, 11) is 3.33. The number of halogens is 1. The zero-order valence-electron chi connectivity index (χ0n) is 9.83. The SMILES string of the molecule is COCCC(C)Oc1ccc(OC)cc1Br. The van der Waals surface area contributed by atoms with Gasteiger partial charge in [-0.3, -0.25) is 0 Å². The molecule has 0 aliphatic rings. The molecule has 16 heavy (non-hydrogen) atoms. The maximum Gasteiger partial charge on any atom is 0.134 e. The van der Waals surface area contributed by atoms with Gasteiger partial charge in [-0.1, -0.05) is 0 Å². The summed E-state index contributed by atoms with van der Waals surface area (Å²) in [6.45, 7) is 2.73. The topological polar surface area (TPSA) is 27.7 Å². The van der Waals surface area contributed by atoms with E-state index in [-0.39, 0.29) is 6.10 Å². The number of methoxy groups -OCH3 is 2. The third-order valence-electron chi connectivity index (χ3n) is 2.20. The minimum Gasteiger partial charge on any atom is -0.497 e. The van der Waals surface area contributed by atoms with Gasteiger partial charge in [0.25, 0.3) is 0 Å². The molecular weight excluding hydrogens is 272 g/mol. The molecule has 1 unspecified atom stereocenters. The molecule has 0 aromatic heterocycles. The predicted octanol–water partition coefficient (Wildman–Crippen LogP) is 3.26. The normalized spacial score (nSPS) is 12.2. The van der Waals surface area contributed by atoms with Crippen LogP contribution in [0.3, 0.4) is 0 Å². The molecule has 0 amide bonds. The van der Waals surface area contributed by atoms with Gasteiger partial charge in [0.1, 0.15) is 11.5 Å². The van der Waals surface area contributed by atoms with Crippen LogP contribution in [-0.4, -0.2) is 26.9 Å². The van der Waals surface area contributed by atoms with E-state index in [1.165, 1.54) is 0 Å². The highest BCUT2D eigenvalue weighted by atomic mass is 79.9. The largest absolute Gasteiger partial charge is 0.497 e. The summed E-state index contributed by atoms with van der Waals surface area (Å²) in [5, 5.41) is 0. The zero-order chi connectivity index (χ0) is 12.0. The Morgan fingerprint density at radius 1 is 1.31 bits per heavy atom. The van der Waals surface area contributed by atoms with Crippen LogP contribution in [0.25, 0.3) is 0 Å². The van der Waals surface area contributed by atoms with Crippen molar-refractivity contribution in [2.45, 2.75) is 19.4 Å². The minimum absolute atomic E-state index is 0.129. The van der Waals surface area contributed by atoms with Gasteiger partial charge in [0.15, 0.2) is 0 Å². The molecule has 1 aromatic rings. The Labute approximate surface area is 105 Å². The molecule has 0 radical (unpaired) electrons. The van der Waals surface area contributed by atoms with Crippen molar-refractivity contribution in [2.75, 3.05) is 20.8 Å². The van der Waals surface area contributed by atoms with Crippen LogP contribution < -0.4 is 9.47 Å². The van der Waals surface area contributed by atoms with E-state index < -0.39 is 0 Å². The lowest BCUT2D eigenvalue weighted by Gasteiger charge is -2.15. The summed E-state index contributed by atoms with van der Waals surface area (Å²) in [4.78, 5) is 0. The standard InChI is InChI=1S/C12H17BrO3/c1-9(6-7-14-2)16-12-5-4-10(15-3)8-11(12)13/h4-5,8-9H,6-7H2,1-3H3. The molecule has 0 bridgehead atoms. The number of hydrogen-bond acceptors (Lipinski definition) is 3. The smallest absolute Gasteiger partial charge is 0.134 e. The first-order valence-electron chi connectivity index (χ1n) is 5.16. The van der Waals surface area contributed by atoms with Crippen molar-refractivity contribution in [3.05, 3.63) is 22.7 Å². The zero-order valence-corrected chi connectivity index (χ0v) is 11.4. The summed E-state index contributed by atoms with van der Waals surface area (Å²) >= 11 is 3.45. The fourth-order valence-electron chi connectivity index (χ4n) is 1.26. The Morgan fingerprint density at radius 2 is 2.06 bits per heavy atom. The summed E-state index contributed by atoms with van der Waals surface area (Å²) in [5.41, 5.74) is 0. The summed E-state index contributed by atoms with van der Waals surface area (Å²) in [6, 6.07) is 5.66. The lowest BCUT2D eigenvalue weighted by molar-refractivity contribution is 0.134. The van der Waals surface area contributed by atoms with Gasteiger partial charge in [0, 0.05) is 20.1 Å². The minimum atomic E-state index is 0.129. The highest BCUT2D eigenvalue weighted by molar-refractivity contribution is 9.10. The van der Waals surface area contributed by atoms with Crippen LogP contribution >= 0.6 is 15.9 Å². The highest BCUT2D eigenvalue weighted by Crippen LogP contribution is 2.30. The third kappa shape index (κ3) is 4.02. The summed E-state index contributed by atoms with van der Waals surface area (Å²) < 4.78 is 16.8. The van der Waals surface area contributed by atoms with Crippen molar-refractivity contribution in [2.24, 2.45) is 0 Å². The molecule has 0 heterocycles. The molecule has 0 aliphatic heterocycles. The Balaban J connectivity index is 2.59. The fourth-order valence-corrected chi connectivity index (χ4v) is 1.71. The van der Waals surface area contributed by atoms with Gasteiger partial charge in [0.2, 0.25) is 0 Å². The van der Waals surface area contributed by atoms with Gasteiger partial charge in [-0.25, -0.2) is 0 Å². The van der Waals surface area contributed by atoms with E-state index in [0.29, 0.717) is 6.61 Å². The van der Waals surface area contributed by atoms with Crippen LogP contribution in [0, 0.1) is 0 Å². The van der Waals surface area contributed by atoms with Gasteiger partial charge in [-0.2, -0.15) is 0 Å². The highest BCUT2D eigenvalue weighted by Gasteiger charge is 2.07. The molecule has 0 fully saturated rings.